The number of rotatable bonds is 4. The molecule has 0 amide bonds. The molecular weight excluding hydrogens is 208 g/mol. The van der Waals surface area contributed by atoms with Gasteiger partial charge >= 0.3 is 5.97 Å². The molecule has 0 radical (unpaired) electrons. The number of nitrogens with one attached hydrogen (secondary N) is 1. The fraction of sp³-hybridized carbons (Fsp3) is 0.182. The number of carbonyl (C=O) groups is 1. The minimum atomic E-state index is -1.03. The van der Waals surface area contributed by atoms with Gasteiger partial charge in [-0.3, -0.25) is 4.79 Å². The Hall–Kier alpha value is -2.01. The van der Waals surface area contributed by atoms with Crippen molar-refractivity contribution in [2.45, 2.75) is 6.04 Å². The van der Waals surface area contributed by atoms with Gasteiger partial charge in [-0.05, 0) is 12.1 Å². The smallest absolute Gasteiger partial charge is 0.322 e. The molecule has 2 rings (SSSR count). The Labute approximate surface area is 91.8 Å². The summed E-state index contributed by atoms with van der Waals surface area (Å²) in [7, 11) is 0. The van der Waals surface area contributed by atoms with Gasteiger partial charge in [0.15, 0.2) is 0 Å². The van der Waals surface area contributed by atoms with E-state index in [9.17, 15) is 4.79 Å². The van der Waals surface area contributed by atoms with Gasteiger partial charge in [0.2, 0.25) is 0 Å². The maximum atomic E-state index is 10.5. The number of benzene rings is 1. The van der Waals surface area contributed by atoms with Crippen LogP contribution in [0.15, 0.2) is 34.9 Å². The highest BCUT2D eigenvalue weighted by atomic mass is 16.4. The number of hydrogen-bond donors (Lipinski definition) is 3. The summed E-state index contributed by atoms with van der Waals surface area (Å²) in [6.45, 7) is 0.166. The van der Waals surface area contributed by atoms with Crippen molar-refractivity contribution in [3.63, 3.8) is 0 Å². The quantitative estimate of drug-likeness (QED) is 0.721. The summed E-state index contributed by atoms with van der Waals surface area (Å²) in [5.74, 6) is -1.03. The van der Waals surface area contributed by atoms with Crippen LogP contribution in [0.1, 0.15) is 0 Å². The van der Waals surface area contributed by atoms with Crippen LogP contribution < -0.4 is 11.1 Å². The van der Waals surface area contributed by atoms with Gasteiger partial charge in [0.25, 0.3) is 0 Å². The third-order valence-electron chi connectivity index (χ3n) is 2.31. The molecular formula is C11H12N2O3. The summed E-state index contributed by atoms with van der Waals surface area (Å²) < 4.78 is 5.29. The highest BCUT2D eigenvalue weighted by molar-refractivity contribution is 5.90. The molecule has 0 aliphatic heterocycles. The van der Waals surface area contributed by atoms with Crippen LogP contribution in [-0.2, 0) is 4.79 Å². The van der Waals surface area contributed by atoms with Crippen LogP contribution in [0, 0.1) is 0 Å². The van der Waals surface area contributed by atoms with E-state index >= 15 is 0 Å². The number of furan rings is 1. The van der Waals surface area contributed by atoms with E-state index in [1.165, 1.54) is 0 Å². The monoisotopic (exact) mass is 220 g/mol. The van der Waals surface area contributed by atoms with E-state index in [1.54, 1.807) is 6.26 Å². The standard InChI is InChI=1S/C11H12N2O3/c12-8(11(14)15)5-13-9-6-16-10-4-2-1-3-7(9)10/h1-4,6,8,13H,5,12H2,(H,14,15). The summed E-state index contributed by atoms with van der Waals surface area (Å²) in [6.07, 6.45) is 1.55. The first-order valence-electron chi connectivity index (χ1n) is 4.87. The van der Waals surface area contributed by atoms with Crippen molar-refractivity contribution >= 4 is 22.6 Å². The number of fused-ring (bicyclic) bond motifs is 1. The minimum absolute atomic E-state index is 0.166. The van der Waals surface area contributed by atoms with Crippen LogP contribution >= 0.6 is 0 Å². The molecule has 0 fully saturated rings. The molecule has 0 saturated heterocycles. The van der Waals surface area contributed by atoms with Crippen LogP contribution in [0.4, 0.5) is 5.69 Å². The highest BCUT2D eigenvalue weighted by Gasteiger charge is 2.12. The van der Waals surface area contributed by atoms with Gasteiger partial charge in [-0.25, -0.2) is 0 Å². The highest BCUT2D eigenvalue weighted by Crippen LogP contribution is 2.24. The van der Waals surface area contributed by atoms with E-state index in [4.69, 9.17) is 15.3 Å². The third kappa shape index (κ3) is 1.99. The topological polar surface area (TPSA) is 88.5 Å². The predicted octanol–water partition coefficient (Wildman–Crippen LogP) is 1.26. The number of para-hydroxylation sites is 1. The van der Waals surface area contributed by atoms with Crippen molar-refractivity contribution in [3.05, 3.63) is 30.5 Å². The molecule has 1 atom stereocenters. The molecule has 0 aliphatic rings. The lowest BCUT2D eigenvalue weighted by atomic mass is 10.2. The van der Waals surface area contributed by atoms with E-state index in [1.807, 2.05) is 24.3 Å². The second-order valence-corrected chi connectivity index (χ2v) is 3.47. The van der Waals surface area contributed by atoms with Crippen molar-refractivity contribution in [3.8, 4) is 0 Å². The number of carboxylic acid groups (broad SMARTS) is 1. The lowest BCUT2D eigenvalue weighted by Gasteiger charge is -2.07. The third-order valence-corrected chi connectivity index (χ3v) is 2.31. The number of hydrogen-bond acceptors (Lipinski definition) is 4. The van der Waals surface area contributed by atoms with Crippen LogP contribution in [0.25, 0.3) is 11.0 Å². The fourth-order valence-electron chi connectivity index (χ4n) is 1.42. The molecule has 2 aromatic rings. The Bertz CT molecular complexity index is 507. The fourth-order valence-corrected chi connectivity index (χ4v) is 1.42. The number of nitrogens with two attached hydrogens (primary N) is 1. The molecule has 0 saturated carbocycles. The van der Waals surface area contributed by atoms with Crippen molar-refractivity contribution in [1.82, 2.24) is 0 Å². The van der Waals surface area contributed by atoms with Gasteiger partial charge in [-0.15, -0.1) is 0 Å². The zero-order valence-corrected chi connectivity index (χ0v) is 8.51. The lowest BCUT2D eigenvalue weighted by molar-refractivity contribution is -0.138. The predicted molar refractivity (Wildman–Crippen MR) is 60.3 cm³/mol. The van der Waals surface area contributed by atoms with E-state index in [-0.39, 0.29) is 6.54 Å². The van der Waals surface area contributed by atoms with Gasteiger partial charge in [0.1, 0.15) is 17.9 Å². The Morgan fingerprint density at radius 2 is 2.25 bits per heavy atom. The van der Waals surface area contributed by atoms with E-state index in [0.29, 0.717) is 0 Å². The lowest BCUT2D eigenvalue weighted by Crippen LogP contribution is -2.36. The molecule has 16 heavy (non-hydrogen) atoms. The number of carboxylic acids is 1. The Balaban J connectivity index is 2.13. The van der Waals surface area contributed by atoms with Crippen molar-refractivity contribution in [2.24, 2.45) is 5.73 Å². The second-order valence-electron chi connectivity index (χ2n) is 3.47. The van der Waals surface area contributed by atoms with Crippen molar-refractivity contribution in [2.75, 3.05) is 11.9 Å². The Morgan fingerprint density at radius 3 is 3.00 bits per heavy atom. The van der Waals surface area contributed by atoms with Gasteiger partial charge in [-0.1, -0.05) is 12.1 Å². The molecule has 0 bridgehead atoms. The van der Waals surface area contributed by atoms with E-state index in [2.05, 4.69) is 5.32 Å². The SMILES string of the molecule is NC(CNc1coc2ccccc12)C(=O)O. The largest absolute Gasteiger partial charge is 0.480 e. The van der Waals surface area contributed by atoms with Crippen molar-refractivity contribution in [1.29, 1.82) is 0 Å². The summed E-state index contributed by atoms with van der Waals surface area (Å²) in [6, 6.07) is 6.58. The molecule has 5 nitrogen and oxygen atoms in total. The van der Waals surface area contributed by atoms with Crippen LogP contribution in [0.5, 0.6) is 0 Å². The van der Waals surface area contributed by atoms with Crippen LogP contribution in [0.2, 0.25) is 0 Å². The van der Waals surface area contributed by atoms with Crippen LogP contribution in [0.3, 0.4) is 0 Å². The van der Waals surface area contributed by atoms with E-state index in [0.717, 1.165) is 16.7 Å². The van der Waals surface area contributed by atoms with E-state index < -0.39 is 12.0 Å². The summed E-state index contributed by atoms with van der Waals surface area (Å²) in [4.78, 5) is 10.5. The van der Waals surface area contributed by atoms with Gasteiger partial charge in [-0.2, -0.15) is 0 Å². The molecule has 1 aromatic carbocycles. The molecule has 1 aromatic heterocycles. The van der Waals surface area contributed by atoms with Gasteiger partial charge < -0.3 is 20.6 Å². The molecule has 0 spiro atoms. The summed E-state index contributed by atoms with van der Waals surface area (Å²) in [5.41, 5.74) is 6.90. The maximum absolute atomic E-state index is 10.5. The van der Waals surface area contributed by atoms with Crippen LogP contribution in [-0.4, -0.2) is 23.7 Å². The van der Waals surface area contributed by atoms with Gasteiger partial charge in [0, 0.05) is 11.9 Å². The Morgan fingerprint density at radius 1 is 1.50 bits per heavy atom. The first kappa shape index (κ1) is 10.5. The Kier molecular flexibility index (Phi) is 2.78. The summed E-state index contributed by atoms with van der Waals surface area (Å²) >= 11 is 0. The number of aliphatic carboxylic acids is 1. The average molecular weight is 220 g/mol. The minimum Gasteiger partial charge on any atom is -0.480 e. The molecule has 0 aliphatic carbocycles. The molecule has 1 unspecified atom stereocenters. The van der Waals surface area contributed by atoms with Gasteiger partial charge in [0.05, 0.1) is 5.69 Å². The maximum Gasteiger partial charge on any atom is 0.322 e. The first-order chi connectivity index (χ1) is 7.68. The normalized spacial score (nSPS) is 12.6. The molecule has 4 N–H and O–H groups in total. The first-order valence-corrected chi connectivity index (χ1v) is 4.87. The molecule has 84 valence electrons. The number of anilines is 1. The van der Waals surface area contributed by atoms with Crippen molar-refractivity contribution < 1.29 is 14.3 Å². The zero-order valence-electron chi connectivity index (χ0n) is 8.51. The molecule has 5 heteroatoms. The molecule has 1 heterocycles. The second kappa shape index (κ2) is 4.24. The average Bonchev–Trinajstić information content (AvgIpc) is 2.69. The summed E-state index contributed by atoms with van der Waals surface area (Å²) in [5, 5.41) is 12.5. The zero-order chi connectivity index (χ0) is 11.5.